The molecule has 0 saturated heterocycles. The second-order valence-electron chi connectivity index (χ2n) is 2.55. The summed E-state index contributed by atoms with van der Waals surface area (Å²) >= 11 is 0. The van der Waals surface area contributed by atoms with E-state index in [1.807, 2.05) is 12.1 Å². The molecule has 0 aliphatic heterocycles. The summed E-state index contributed by atoms with van der Waals surface area (Å²) in [5.41, 5.74) is 1.39. The molecule has 13 heavy (non-hydrogen) atoms. The number of hydrogen-bond donors (Lipinski definition) is 1. The van der Waals surface area contributed by atoms with E-state index in [1.54, 1.807) is 18.2 Å². The normalized spacial score (nSPS) is 8.92. The van der Waals surface area contributed by atoms with Gasteiger partial charge < -0.3 is 5.32 Å². The van der Waals surface area contributed by atoms with Crippen LogP contribution in [0.15, 0.2) is 24.3 Å². The van der Waals surface area contributed by atoms with Crippen LogP contribution in [0, 0.1) is 18.3 Å². The molecule has 0 heterocycles. The molecule has 3 heteroatoms. The number of hydrogen-bond acceptors (Lipinski definition) is 2. The van der Waals surface area contributed by atoms with E-state index >= 15 is 0 Å². The van der Waals surface area contributed by atoms with Gasteiger partial charge in [0.15, 0.2) is 0 Å². The molecule has 1 N–H and O–H groups in total. The highest BCUT2D eigenvalue weighted by molar-refractivity contribution is 5.80. The molecular weight excluding hydrogens is 164 g/mol. The lowest BCUT2D eigenvalue weighted by atomic mass is 10.1. The van der Waals surface area contributed by atoms with Crippen LogP contribution in [0.3, 0.4) is 0 Å². The van der Waals surface area contributed by atoms with Crippen molar-refractivity contribution in [3.05, 3.63) is 42.3 Å². The van der Waals surface area contributed by atoms with Crippen LogP contribution in [-0.4, -0.2) is 5.91 Å². The molecule has 1 rings (SSSR count). The molecule has 65 valence electrons. The van der Waals surface area contributed by atoms with Crippen LogP contribution < -0.4 is 5.32 Å². The van der Waals surface area contributed by atoms with Crippen molar-refractivity contribution in [2.45, 2.75) is 6.54 Å². The summed E-state index contributed by atoms with van der Waals surface area (Å²) in [5.74, 6) is -0.340. The highest BCUT2D eigenvalue weighted by atomic mass is 16.1. The van der Waals surface area contributed by atoms with Crippen LogP contribution in [0.1, 0.15) is 11.1 Å². The Bertz CT molecular complexity index is 352. The summed E-state index contributed by atoms with van der Waals surface area (Å²) in [6.07, 6.45) is 0. The molecule has 1 amide bonds. The molecule has 1 radical (unpaired) electrons. The molecule has 3 nitrogen and oxygen atoms in total. The average molecular weight is 173 g/mol. The van der Waals surface area contributed by atoms with E-state index in [-0.39, 0.29) is 5.91 Å². The monoisotopic (exact) mass is 173 g/mol. The van der Waals surface area contributed by atoms with Crippen LogP contribution >= 0.6 is 0 Å². The van der Waals surface area contributed by atoms with Gasteiger partial charge in [-0.25, -0.2) is 0 Å². The lowest BCUT2D eigenvalue weighted by molar-refractivity contribution is -0.116. The molecule has 0 aromatic heterocycles. The molecular formula is C10H9N2O. The Hall–Kier alpha value is -1.82. The summed E-state index contributed by atoms with van der Waals surface area (Å²) in [7, 11) is 0. The van der Waals surface area contributed by atoms with E-state index in [4.69, 9.17) is 5.26 Å². The fourth-order valence-electron chi connectivity index (χ4n) is 0.977. The maximum atomic E-state index is 10.5. The van der Waals surface area contributed by atoms with Crippen molar-refractivity contribution in [2.24, 2.45) is 0 Å². The zero-order valence-electron chi connectivity index (χ0n) is 7.08. The standard InChI is InChI=1S/C10H9N2O/c1-8(13)12-7-10-5-3-2-4-9(10)6-11/h2-5H,1,7H2,(H,12,13). The van der Waals surface area contributed by atoms with Crippen molar-refractivity contribution >= 4 is 5.91 Å². The Labute approximate surface area is 77.0 Å². The SMILES string of the molecule is [CH2]C(=O)NCc1ccccc1C#N. The summed E-state index contributed by atoms with van der Waals surface area (Å²) in [6, 6.07) is 9.17. The van der Waals surface area contributed by atoms with Gasteiger partial charge in [-0.3, -0.25) is 4.79 Å². The van der Waals surface area contributed by atoms with Gasteiger partial charge in [-0.15, -0.1) is 0 Å². The predicted molar refractivity (Wildman–Crippen MR) is 48.4 cm³/mol. The highest BCUT2D eigenvalue weighted by Crippen LogP contribution is 2.06. The second kappa shape index (κ2) is 4.27. The van der Waals surface area contributed by atoms with Crippen molar-refractivity contribution in [1.82, 2.24) is 5.32 Å². The van der Waals surface area contributed by atoms with Crippen molar-refractivity contribution in [1.29, 1.82) is 5.26 Å². The quantitative estimate of drug-likeness (QED) is 0.725. The van der Waals surface area contributed by atoms with Crippen LogP contribution in [0.5, 0.6) is 0 Å². The first-order valence-electron chi connectivity index (χ1n) is 3.82. The van der Waals surface area contributed by atoms with Crippen LogP contribution in [-0.2, 0) is 11.3 Å². The number of nitrogens with zero attached hydrogens (tertiary/aromatic N) is 1. The molecule has 0 bridgehead atoms. The Balaban J connectivity index is 2.77. The zero-order valence-corrected chi connectivity index (χ0v) is 7.08. The third-order valence-electron chi connectivity index (χ3n) is 1.61. The van der Waals surface area contributed by atoms with Gasteiger partial charge in [0.2, 0.25) is 5.91 Å². The summed E-state index contributed by atoms with van der Waals surface area (Å²) in [5, 5.41) is 11.2. The van der Waals surface area contributed by atoms with Crippen LogP contribution in [0.2, 0.25) is 0 Å². The summed E-state index contributed by atoms with van der Waals surface area (Å²) in [4.78, 5) is 10.5. The van der Waals surface area contributed by atoms with Gasteiger partial charge >= 0.3 is 0 Å². The van der Waals surface area contributed by atoms with E-state index < -0.39 is 0 Å². The summed E-state index contributed by atoms with van der Waals surface area (Å²) < 4.78 is 0. The maximum Gasteiger partial charge on any atom is 0.220 e. The van der Waals surface area contributed by atoms with Crippen molar-refractivity contribution in [3.8, 4) is 6.07 Å². The molecule has 0 aliphatic rings. The number of nitrogens with one attached hydrogen (secondary N) is 1. The number of benzene rings is 1. The Kier molecular flexibility index (Phi) is 3.04. The van der Waals surface area contributed by atoms with Gasteiger partial charge in [0.05, 0.1) is 11.6 Å². The maximum absolute atomic E-state index is 10.5. The van der Waals surface area contributed by atoms with E-state index in [0.29, 0.717) is 12.1 Å². The smallest absolute Gasteiger partial charge is 0.220 e. The van der Waals surface area contributed by atoms with Gasteiger partial charge in [-0.05, 0) is 11.6 Å². The topological polar surface area (TPSA) is 52.9 Å². The predicted octanol–water partition coefficient (Wildman–Crippen LogP) is 1.01. The van der Waals surface area contributed by atoms with E-state index in [9.17, 15) is 4.79 Å². The number of carbonyl (C=O) groups is 1. The lowest BCUT2D eigenvalue weighted by Crippen LogP contribution is -2.19. The molecule has 1 aromatic rings. The minimum absolute atomic E-state index is 0.340. The molecule has 0 spiro atoms. The number of amides is 1. The van der Waals surface area contributed by atoms with Gasteiger partial charge in [0, 0.05) is 13.5 Å². The Morgan fingerprint density at radius 2 is 2.23 bits per heavy atom. The molecule has 0 fully saturated rings. The van der Waals surface area contributed by atoms with Crippen molar-refractivity contribution in [3.63, 3.8) is 0 Å². The van der Waals surface area contributed by atoms with E-state index in [2.05, 4.69) is 12.2 Å². The third kappa shape index (κ3) is 2.60. The lowest BCUT2D eigenvalue weighted by Gasteiger charge is -2.03. The van der Waals surface area contributed by atoms with Crippen molar-refractivity contribution < 1.29 is 4.79 Å². The van der Waals surface area contributed by atoms with Gasteiger partial charge in [-0.2, -0.15) is 5.26 Å². The first kappa shape index (κ1) is 9.27. The highest BCUT2D eigenvalue weighted by Gasteiger charge is 2.00. The summed E-state index contributed by atoms with van der Waals surface area (Å²) in [6.45, 7) is 3.53. The van der Waals surface area contributed by atoms with Crippen LogP contribution in [0.25, 0.3) is 0 Å². The number of rotatable bonds is 2. The minimum Gasteiger partial charge on any atom is -0.352 e. The molecule has 0 atom stereocenters. The van der Waals surface area contributed by atoms with Gasteiger partial charge in [0.1, 0.15) is 0 Å². The Morgan fingerprint density at radius 1 is 1.54 bits per heavy atom. The number of carbonyl (C=O) groups excluding carboxylic acids is 1. The first-order chi connectivity index (χ1) is 6.24. The Morgan fingerprint density at radius 3 is 2.85 bits per heavy atom. The van der Waals surface area contributed by atoms with Gasteiger partial charge in [-0.1, -0.05) is 18.2 Å². The number of nitriles is 1. The molecule has 0 unspecified atom stereocenters. The molecule has 0 aliphatic carbocycles. The fraction of sp³-hybridized carbons (Fsp3) is 0.100. The first-order valence-corrected chi connectivity index (χ1v) is 3.82. The minimum atomic E-state index is -0.340. The largest absolute Gasteiger partial charge is 0.352 e. The van der Waals surface area contributed by atoms with Gasteiger partial charge in [0.25, 0.3) is 0 Å². The molecule has 0 saturated carbocycles. The van der Waals surface area contributed by atoms with E-state index in [1.165, 1.54) is 0 Å². The zero-order chi connectivity index (χ0) is 9.68. The van der Waals surface area contributed by atoms with Crippen LogP contribution in [0.4, 0.5) is 0 Å². The fourth-order valence-corrected chi connectivity index (χ4v) is 0.977. The van der Waals surface area contributed by atoms with Crippen molar-refractivity contribution in [2.75, 3.05) is 0 Å². The molecule has 1 aromatic carbocycles. The van der Waals surface area contributed by atoms with E-state index in [0.717, 1.165) is 5.56 Å². The average Bonchev–Trinajstić information content (AvgIpc) is 2.15. The third-order valence-corrected chi connectivity index (χ3v) is 1.61. The second-order valence-corrected chi connectivity index (χ2v) is 2.55.